The second-order valence-corrected chi connectivity index (χ2v) is 5.48. The van der Waals surface area contributed by atoms with Gasteiger partial charge in [0, 0.05) is 6.42 Å². The summed E-state index contributed by atoms with van der Waals surface area (Å²) in [5.74, 6) is -0.697. The van der Waals surface area contributed by atoms with E-state index in [0.717, 1.165) is 12.0 Å². The predicted octanol–water partition coefficient (Wildman–Crippen LogP) is 2.92. The Morgan fingerprint density at radius 1 is 1.21 bits per heavy atom. The maximum Gasteiger partial charge on any atom is 0.387 e. The molecule has 134 valence electrons. The first kappa shape index (κ1) is 19.9. The molecule has 0 saturated carbocycles. The minimum atomic E-state index is -2.86. The highest BCUT2D eigenvalue weighted by Crippen LogP contribution is 2.16. The van der Waals surface area contributed by atoms with E-state index in [4.69, 9.17) is 4.74 Å². The van der Waals surface area contributed by atoms with Gasteiger partial charge in [0.2, 0.25) is 5.91 Å². The monoisotopic (exact) mass is 343 g/mol. The van der Waals surface area contributed by atoms with E-state index in [2.05, 4.69) is 10.1 Å². The molecule has 0 heterocycles. The molecule has 0 spiro atoms. The number of hydrogen-bond acceptors (Lipinski definition) is 4. The van der Waals surface area contributed by atoms with Gasteiger partial charge in [0.25, 0.3) is 0 Å². The van der Waals surface area contributed by atoms with Crippen molar-refractivity contribution in [3.8, 4) is 5.75 Å². The maximum absolute atomic E-state index is 12.1. The van der Waals surface area contributed by atoms with Gasteiger partial charge in [-0.05, 0) is 30.0 Å². The predicted molar refractivity (Wildman–Crippen MR) is 84.8 cm³/mol. The minimum absolute atomic E-state index is 0.0350. The first-order valence-electron chi connectivity index (χ1n) is 7.78. The van der Waals surface area contributed by atoms with E-state index in [1.54, 1.807) is 12.1 Å². The number of hydrogen-bond donors (Lipinski definition) is 1. The van der Waals surface area contributed by atoms with Gasteiger partial charge in [0.05, 0.1) is 7.11 Å². The average Bonchev–Trinajstić information content (AvgIpc) is 2.57. The van der Waals surface area contributed by atoms with Gasteiger partial charge in [0.1, 0.15) is 11.8 Å². The third-order valence-corrected chi connectivity index (χ3v) is 3.77. The SMILES string of the molecule is CCC(C)C(NC(=O)CCc1ccc(OC(F)F)cc1)C(=O)OC. The van der Waals surface area contributed by atoms with Crippen LogP contribution in [0, 0.1) is 5.92 Å². The van der Waals surface area contributed by atoms with Crippen LogP contribution in [0.2, 0.25) is 0 Å². The van der Waals surface area contributed by atoms with E-state index < -0.39 is 18.6 Å². The highest BCUT2D eigenvalue weighted by atomic mass is 19.3. The number of ether oxygens (including phenoxy) is 2. The summed E-state index contributed by atoms with van der Waals surface area (Å²) in [6.45, 7) is 0.928. The fourth-order valence-corrected chi connectivity index (χ4v) is 2.14. The molecule has 2 atom stereocenters. The van der Waals surface area contributed by atoms with Gasteiger partial charge in [-0.1, -0.05) is 32.4 Å². The number of benzene rings is 1. The Hall–Kier alpha value is -2.18. The number of alkyl halides is 2. The van der Waals surface area contributed by atoms with Crippen molar-refractivity contribution in [2.75, 3.05) is 7.11 Å². The number of methoxy groups -OCH3 is 1. The molecular weight excluding hydrogens is 320 g/mol. The Morgan fingerprint density at radius 3 is 2.33 bits per heavy atom. The van der Waals surface area contributed by atoms with Crippen LogP contribution in [0.5, 0.6) is 5.75 Å². The fraction of sp³-hybridized carbons (Fsp3) is 0.529. The van der Waals surface area contributed by atoms with Crippen LogP contribution in [0.25, 0.3) is 0 Å². The van der Waals surface area contributed by atoms with E-state index in [1.807, 2.05) is 13.8 Å². The first-order chi connectivity index (χ1) is 11.4. The lowest BCUT2D eigenvalue weighted by molar-refractivity contribution is -0.146. The molecule has 0 fully saturated rings. The van der Waals surface area contributed by atoms with Gasteiger partial charge < -0.3 is 14.8 Å². The third kappa shape index (κ3) is 6.52. The minimum Gasteiger partial charge on any atom is -0.467 e. The van der Waals surface area contributed by atoms with Crippen molar-refractivity contribution in [3.63, 3.8) is 0 Å². The summed E-state index contributed by atoms with van der Waals surface area (Å²) in [5, 5.41) is 2.69. The topological polar surface area (TPSA) is 64.6 Å². The van der Waals surface area contributed by atoms with Crippen molar-refractivity contribution in [1.82, 2.24) is 5.32 Å². The molecule has 7 heteroatoms. The van der Waals surface area contributed by atoms with Crippen LogP contribution in [-0.4, -0.2) is 31.6 Å². The van der Waals surface area contributed by atoms with Crippen LogP contribution in [0.1, 0.15) is 32.3 Å². The van der Waals surface area contributed by atoms with Gasteiger partial charge in [-0.15, -0.1) is 0 Å². The Bertz CT molecular complexity index is 534. The van der Waals surface area contributed by atoms with Gasteiger partial charge in [-0.2, -0.15) is 8.78 Å². The number of carbonyl (C=O) groups is 2. The van der Waals surface area contributed by atoms with Crippen LogP contribution in [0.3, 0.4) is 0 Å². The summed E-state index contributed by atoms with van der Waals surface area (Å²) in [6.07, 6.45) is 1.33. The molecule has 1 aromatic carbocycles. The van der Waals surface area contributed by atoms with Crippen molar-refractivity contribution in [2.45, 2.75) is 45.8 Å². The van der Waals surface area contributed by atoms with Crippen LogP contribution < -0.4 is 10.1 Å². The van der Waals surface area contributed by atoms with Crippen LogP contribution in [0.4, 0.5) is 8.78 Å². The summed E-state index contributed by atoms with van der Waals surface area (Å²) >= 11 is 0. The molecular formula is C17H23F2NO4. The molecule has 1 aromatic rings. The zero-order valence-electron chi connectivity index (χ0n) is 14.1. The number of carbonyl (C=O) groups excluding carboxylic acids is 2. The van der Waals surface area contributed by atoms with Crippen molar-refractivity contribution >= 4 is 11.9 Å². The quantitative estimate of drug-likeness (QED) is 0.700. The van der Waals surface area contributed by atoms with E-state index in [1.165, 1.54) is 19.2 Å². The van der Waals surface area contributed by atoms with Gasteiger partial charge in [0.15, 0.2) is 0 Å². The zero-order chi connectivity index (χ0) is 18.1. The highest BCUT2D eigenvalue weighted by molar-refractivity contribution is 5.84. The van der Waals surface area contributed by atoms with Crippen molar-refractivity contribution < 1.29 is 27.8 Å². The van der Waals surface area contributed by atoms with Gasteiger partial charge in [-0.3, -0.25) is 4.79 Å². The summed E-state index contributed by atoms with van der Waals surface area (Å²) in [6, 6.07) is 5.43. The molecule has 1 amide bonds. The van der Waals surface area contributed by atoms with Crippen LogP contribution in [0.15, 0.2) is 24.3 Å². The smallest absolute Gasteiger partial charge is 0.387 e. The lowest BCUT2D eigenvalue weighted by Crippen LogP contribution is -2.45. The summed E-state index contributed by atoms with van der Waals surface area (Å²) < 4.78 is 33.1. The number of esters is 1. The Morgan fingerprint density at radius 2 is 1.83 bits per heavy atom. The highest BCUT2D eigenvalue weighted by Gasteiger charge is 2.26. The number of aryl methyl sites for hydroxylation is 1. The molecule has 24 heavy (non-hydrogen) atoms. The standard InChI is InChI=1S/C17H23F2NO4/c1-4-11(2)15(16(22)23-3)20-14(21)10-7-12-5-8-13(9-6-12)24-17(18)19/h5-6,8-9,11,15,17H,4,7,10H2,1-3H3,(H,20,21). The second kappa shape index (κ2) is 9.85. The normalized spacial score (nSPS) is 13.2. The molecule has 1 rings (SSSR count). The largest absolute Gasteiger partial charge is 0.467 e. The van der Waals surface area contributed by atoms with Crippen molar-refractivity contribution in [1.29, 1.82) is 0 Å². The van der Waals surface area contributed by atoms with E-state index >= 15 is 0 Å². The Balaban J connectivity index is 2.53. The van der Waals surface area contributed by atoms with Gasteiger partial charge in [-0.25, -0.2) is 4.79 Å². The average molecular weight is 343 g/mol. The first-order valence-corrected chi connectivity index (χ1v) is 7.78. The summed E-state index contributed by atoms with van der Waals surface area (Å²) in [7, 11) is 1.28. The van der Waals surface area contributed by atoms with Crippen molar-refractivity contribution in [3.05, 3.63) is 29.8 Å². The molecule has 0 radical (unpaired) electrons. The van der Waals surface area contributed by atoms with E-state index in [0.29, 0.717) is 6.42 Å². The van der Waals surface area contributed by atoms with E-state index in [-0.39, 0.29) is 24.0 Å². The lowest BCUT2D eigenvalue weighted by atomic mass is 9.99. The Kier molecular flexibility index (Phi) is 8.15. The maximum atomic E-state index is 12.1. The molecule has 0 aliphatic carbocycles. The molecule has 5 nitrogen and oxygen atoms in total. The molecule has 0 bridgehead atoms. The van der Waals surface area contributed by atoms with Gasteiger partial charge >= 0.3 is 12.6 Å². The number of rotatable bonds is 9. The molecule has 0 saturated heterocycles. The van der Waals surface area contributed by atoms with Crippen molar-refractivity contribution in [2.24, 2.45) is 5.92 Å². The van der Waals surface area contributed by atoms with E-state index in [9.17, 15) is 18.4 Å². The number of amides is 1. The number of halogens is 2. The third-order valence-electron chi connectivity index (χ3n) is 3.77. The second-order valence-electron chi connectivity index (χ2n) is 5.48. The molecule has 1 N–H and O–H groups in total. The van der Waals surface area contributed by atoms with Crippen LogP contribution >= 0.6 is 0 Å². The molecule has 2 unspecified atom stereocenters. The fourth-order valence-electron chi connectivity index (χ4n) is 2.14. The summed E-state index contributed by atoms with van der Waals surface area (Å²) in [4.78, 5) is 23.8. The van der Waals surface area contributed by atoms with Crippen LogP contribution in [-0.2, 0) is 20.7 Å². The molecule has 0 aliphatic rings. The molecule has 0 aromatic heterocycles. The number of nitrogens with one attached hydrogen (secondary N) is 1. The molecule has 0 aliphatic heterocycles. The zero-order valence-corrected chi connectivity index (χ0v) is 14.1. The Labute approximate surface area is 140 Å². The summed E-state index contributed by atoms with van der Waals surface area (Å²) in [5.41, 5.74) is 0.810. The lowest BCUT2D eigenvalue weighted by Gasteiger charge is -2.21.